The normalized spacial score (nSPS) is 22.2. The summed E-state index contributed by atoms with van der Waals surface area (Å²) in [5, 5.41) is 3.41. The Kier molecular flexibility index (Phi) is 3.09. The molecular formula is C11H17N3. The number of piperidine rings is 1. The lowest BCUT2D eigenvalue weighted by Crippen LogP contribution is -2.29. The molecule has 0 unspecified atom stereocenters. The largest absolute Gasteiger partial charge is 0.316 e. The summed E-state index contributed by atoms with van der Waals surface area (Å²) in [6, 6.07) is 2.05. The number of hydrogen-bond donors (Lipinski definition) is 1. The third kappa shape index (κ3) is 2.10. The van der Waals surface area contributed by atoms with E-state index in [9.17, 15) is 0 Å². The van der Waals surface area contributed by atoms with Crippen molar-refractivity contribution in [3.8, 4) is 0 Å². The molecule has 76 valence electrons. The first-order valence-electron chi connectivity index (χ1n) is 5.42. The Morgan fingerprint density at radius 1 is 1.57 bits per heavy atom. The van der Waals surface area contributed by atoms with E-state index in [0.29, 0.717) is 5.92 Å². The van der Waals surface area contributed by atoms with Crippen molar-refractivity contribution >= 4 is 0 Å². The first-order valence-corrected chi connectivity index (χ1v) is 5.42. The van der Waals surface area contributed by atoms with Gasteiger partial charge in [-0.05, 0) is 25.5 Å². The van der Waals surface area contributed by atoms with Crippen LogP contribution < -0.4 is 5.32 Å². The van der Waals surface area contributed by atoms with Gasteiger partial charge in [0.25, 0.3) is 0 Å². The van der Waals surface area contributed by atoms with Crippen LogP contribution in [-0.2, 0) is 6.42 Å². The molecule has 0 saturated carbocycles. The average Bonchev–Trinajstić information content (AvgIpc) is 2.30. The fraction of sp³-hybridized carbons (Fsp3) is 0.636. The lowest BCUT2D eigenvalue weighted by atomic mass is 9.96. The Balaban J connectivity index is 2.13. The van der Waals surface area contributed by atoms with Crippen LogP contribution in [0.3, 0.4) is 0 Å². The van der Waals surface area contributed by atoms with Gasteiger partial charge in [-0.2, -0.15) is 0 Å². The number of nitrogens with zero attached hydrogens (tertiary/aromatic N) is 2. The number of nitrogens with one attached hydrogen (secondary N) is 1. The standard InChI is InChI=1S/C11H17N3/c1-2-11-13-7-5-10(14-11)9-4-3-6-12-8-9/h5,7,9,12H,2-4,6,8H2,1H3/t9-/m1/s1. The molecule has 2 heterocycles. The highest BCUT2D eigenvalue weighted by atomic mass is 14.9. The lowest BCUT2D eigenvalue weighted by Gasteiger charge is -2.22. The Labute approximate surface area is 85.0 Å². The predicted molar refractivity (Wildman–Crippen MR) is 56.3 cm³/mol. The van der Waals surface area contributed by atoms with Crippen molar-refractivity contribution in [1.29, 1.82) is 0 Å². The topological polar surface area (TPSA) is 37.8 Å². The highest BCUT2D eigenvalue weighted by Crippen LogP contribution is 2.20. The first kappa shape index (κ1) is 9.59. The van der Waals surface area contributed by atoms with E-state index in [-0.39, 0.29) is 0 Å². The van der Waals surface area contributed by atoms with Gasteiger partial charge in [0, 0.05) is 30.8 Å². The Bertz CT molecular complexity index is 292. The van der Waals surface area contributed by atoms with Crippen molar-refractivity contribution in [2.45, 2.75) is 32.1 Å². The van der Waals surface area contributed by atoms with Gasteiger partial charge in [0.1, 0.15) is 5.82 Å². The molecule has 3 nitrogen and oxygen atoms in total. The van der Waals surface area contributed by atoms with Crippen molar-refractivity contribution in [2.75, 3.05) is 13.1 Å². The molecule has 1 atom stereocenters. The third-order valence-corrected chi connectivity index (χ3v) is 2.76. The van der Waals surface area contributed by atoms with Crippen molar-refractivity contribution in [3.05, 3.63) is 23.8 Å². The number of aryl methyl sites for hydroxylation is 1. The zero-order valence-corrected chi connectivity index (χ0v) is 8.66. The van der Waals surface area contributed by atoms with Crippen molar-refractivity contribution in [3.63, 3.8) is 0 Å². The number of hydrogen-bond acceptors (Lipinski definition) is 3. The van der Waals surface area contributed by atoms with Crippen LogP contribution in [0.1, 0.15) is 37.2 Å². The molecule has 1 aromatic rings. The van der Waals surface area contributed by atoms with Gasteiger partial charge in [0.2, 0.25) is 0 Å². The van der Waals surface area contributed by atoms with Gasteiger partial charge in [-0.3, -0.25) is 0 Å². The number of aromatic nitrogens is 2. The molecule has 3 heteroatoms. The molecule has 1 aliphatic heterocycles. The molecule has 0 aliphatic carbocycles. The Hall–Kier alpha value is -0.960. The molecule has 2 rings (SSSR count). The molecular weight excluding hydrogens is 174 g/mol. The predicted octanol–water partition coefficient (Wildman–Crippen LogP) is 1.51. The highest BCUT2D eigenvalue weighted by molar-refractivity contribution is 5.10. The van der Waals surface area contributed by atoms with E-state index < -0.39 is 0 Å². The van der Waals surface area contributed by atoms with Gasteiger partial charge in [0.15, 0.2) is 0 Å². The van der Waals surface area contributed by atoms with E-state index >= 15 is 0 Å². The van der Waals surface area contributed by atoms with Crippen LogP contribution in [0.4, 0.5) is 0 Å². The lowest BCUT2D eigenvalue weighted by molar-refractivity contribution is 0.453. The van der Waals surface area contributed by atoms with Crippen LogP contribution in [0.5, 0.6) is 0 Å². The summed E-state index contributed by atoms with van der Waals surface area (Å²) in [6.45, 7) is 4.32. The van der Waals surface area contributed by atoms with Crippen molar-refractivity contribution in [1.82, 2.24) is 15.3 Å². The maximum absolute atomic E-state index is 4.56. The summed E-state index contributed by atoms with van der Waals surface area (Å²) in [5.74, 6) is 1.56. The zero-order valence-electron chi connectivity index (χ0n) is 8.66. The van der Waals surface area contributed by atoms with Crippen LogP contribution in [-0.4, -0.2) is 23.1 Å². The van der Waals surface area contributed by atoms with E-state index in [1.165, 1.54) is 18.5 Å². The maximum Gasteiger partial charge on any atom is 0.128 e. The molecule has 1 fully saturated rings. The fourth-order valence-electron chi connectivity index (χ4n) is 1.92. The SMILES string of the molecule is CCc1nccc([C@@H]2CCCNC2)n1. The Morgan fingerprint density at radius 2 is 2.50 bits per heavy atom. The van der Waals surface area contributed by atoms with Gasteiger partial charge >= 0.3 is 0 Å². The van der Waals surface area contributed by atoms with Gasteiger partial charge in [0.05, 0.1) is 0 Å². The molecule has 0 amide bonds. The van der Waals surface area contributed by atoms with E-state index in [2.05, 4.69) is 28.3 Å². The van der Waals surface area contributed by atoms with Crippen molar-refractivity contribution in [2.24, 2.45) is 0 Å². The molecule has 1 N–H and O–H groups in total. The van der Waals surface area contributed by atoms with Crippen LogP contribution in [0, 0.1) is 0 Å². The summed E-state index contributed by atoms with van der Waals surface area (Å²) >= 11 is 0. The molecule has 0 bridgehead atoms. The molecule has 1 saturated heterocycles. The van der Waals surface area contributed by atoms with Crippen LogP contribution >= 0.6 is 0 Å². The van der Waals surface area contributed by atoms with Gasteiger partial charge in [-0.15, -0.1) is 0 Å². The fourth-order valence-corrected chi connectivity index (χ4v) is 1.92. The summed E-state index contributed by atoms with van der Waals surface area (Å²) in [5.41, 5.74) is 1.21. The van der Waals surface area contributed by atoms with Gasteiger partial charge < -0.3 is 5.32 Å². The van der Waals surface area contributed by atoms with Crippen LogP contribution in [0.2, 0.25) is 0 Å². The molecule has 1 aromatic heterocycles. The zero-order chi connectivity index (χ0) is 9.80. The minimum Gasteiger partial charge on any atom is -0.316 e. The minimum atomic E-state index is 0.594. The van der Waals surface area contributed by atoms with E-state index in [1.807, 2.05) is 6.20 Å². The first-order chi connectivity index (χ1) is 6.90. The average molecular weight is 191 g/mol. The number of rotatable bonds is 2. The molecule has 0 aromatic carbocycles. The van der Waals surface area contributed by atoms with E-state index in [0.717, 1.165) is 25.3 Å². The van der Waals surface area contributed by atoms with Crippen LogP contribution in [0.25, 0.3) is 0 Å². The van der Waals surface area contributed by atoms with E-state index in [1.54, 1.807) is 0 Å². The quantitative estimate of drug-likeness (QED) is 0.770. The third-order valence-electron chi connectivity index (χ3n) is 2.76. The van der Waals surface area contributed by atoms with Crippen LogP contribution in [0.15, 0.2) is 12.3 Å². The maximum atomic E-state index is 4.56. The molecule has 14 heavy (non-hydrogen) atoms. The molecule has 0 radical (unpaired) electrons. The van der Waals surface area contributed by atoms with Crippen molar-refractivity contribution < 1.29 is 0 Å². The highest BCUT2D eigenvalue weighted by Gasteiger charge is 2.16. The second-order valence-electron chi connectivity index (χ2n) is 3.79. The molecule has 1 aliphatic rings. The molecule has 0 spiro atoms. The monoisotopic (exact) mass is 191 g/mol. The Morgan fingerprint density at radius 3 is 3.21 bits per heavy atom. The minimum absolute atomic E-state index is 0.594. The second-order valence-corrected chi connectivity index (χ2v) is 3.79. The van der Waals surface area contributed by atoms with E-state index in [4.69, 9.17) is 0 Å². The van der Waals surface area contributed by atoms with Gasteiger partial charge in [-0.25, -0.2) is 9.97 Å². The summed E-state index contributed by atoms with van der Waals surface area (Å²) in [4.78, 5) is 8.78. The van der Waals surface area contributed by atoms with Gasteiger partial charge in [-0.1, -0.05) is 6.92 Å². The summed E-state index contributed by atoms with van der Waals surface area (Å²) < 4.78 is 0. The smallest absolute Gasteiger partial charge is 0.128 e. The summed E-state index contributed by atoms with van der Waals surface area (Å²) in [7, 11) is 0. The second kappa shape index (κ2) is 4.51. The summed E-state index contributed by atoms with van der Waals surface area (Å²) in [6.07, 6.45) is 5.33.